The molecule has 0 saturated carbocycles. The number of fused-ring (bicyclic) bond motifs is 2. The van der Waals surface area contributed by atoms with Gasteiger partial charge in [0.25, 0.3) is 5.01 Å². The molecular formula is C32H40N3O3S3+. The van der Waals surface area contributed by atoms with Crippen LogP contribution in [0.1, 0.15) is 50.6 Å². The molecule has 1 aliphatic heterocycles. The topological polar surface area (TPSA) is 76.7 Å². The van der Waals surface area contributed by atoms with Crippen LogP contribution in [0.3, 0.4) is 0 Å². The molecule has 0 spiro atoms. The van der Waals surface area contributed by atoms with Crippen molar-refractivity contribution in [3.63, 3.8) is 0 Å². The fourth-order valence-electron chi connectivity index (χ4n) is 5.17. The van der Waals surface area contributed by atoms with E-state index in [1.807, 2.05) is 12.1 Å². The van der Waals surface area contributed by atoms with Crippen molar-refractivity contribution in [1.29, 1.82) is 0 Å². The molecule has 0 fully saturated rings. The number of para-hydroxylation sites is 1. The molecule has 1 atom stereocenters. The summed E-state index contributed by atoms with van der Waals surface area (Å²) in [5.74, 6) is 0.710. The Morgan fingerprint density at radius 2 is 2.00 bits per heavy atom. The van der Waals surface area contributed by atoms with E-state index >= 15 is 0 Å². The zero-order valence-corrected chi connectivity index (χ0v) is 26.5. The fraction of sp³-hybridized carbons (Fsp3) is 0.344. The van der Waals surface area contributed by atoms with Crippen LogP contribution in [0, 0.1) is 0 Å². The Labute approximate surface area is 254 Å². The zero-order chi connectivity index (χ0) is 29.4. The van der Waals surface area contributed by atoms with Gasteiger partial charge < -0.3 is 19.3 Å². The Morgan fingerprint density at radius 3 is 2.76 bits per heavy atom. The molecule has 218 valence electrons. The average molecular weight is 611 g/mol. The van der Waals surface area contributed by atoms with Crippen LogP contribution in [0.25, 0.3) is 16.3 Å². The summed E-state index contributed by atoms with van der Waals surface area (Å²) in [6, 6.07) is 14.0. The molecule has 1 aromatic heterocycles. The maximum absolute atomic E-state index is 11.8. The van der Waals surface area contributed by atoms with Crippen LogP contribution in [0.4, 0.5) is 5.69 Å². The van der Waals surface area contributed by atoms with E-state index in [9.17, 15) is 8.76 Å². The van der Waals surface area contributed by atoms with Gasteiger partial charge in [0.05, 0.1) is 4.90 Å². The molecule has 41 heavy (non-hydrogen) atoms. The van der Waals surface area contributed by atoms with Gasteiger partial charge in [-0.15, -0.1) is 0 Å². The first-order valence-corrected chi connectivity index (χ1v) is 16.8. The summed E-state index contributed by atoms with van der Waals surface area (Å²) in [5, 5.41) is 4.57. The molecule has 0 bridgehead atoms. The minimum atomic E-state index is -2.02. The Kier molecular flexibility index (Phi) is 11.0. The molecule has 2 aromatic carbocycles. The first kappa shape index (κ1) is 31.3. The molecule has 0 amide bonds. The van der Waals surface area contributed by atoms with Gasteiger partial charge in [0.1, 0.15) is 4.70 Å². The monoisotopic (exact) mass is 610 g/mol. The maximum Gasteiger partial charge on any atom is 0.262 e. The third-order valence-electron chi connectivity index (χ3n) is 7.39. The summed E-state index contributed by atoms with van der Waals surface area (Å²) in [6.45, 7) is 13.0. The van der Waals surface area contributed by atoms with Crippen molar-refractivity contribution in [2.45, 2.75) is 56.9 Å². The quantitative estimate of drug-likeness (QED) is 0.0576. The van der Waals surface area contributed by atoms with E-state index in [1.165, 1.54) is 15.2 Å². The van der Waals surface area contributed by atoms with Gasteiger partial charge >= 0.3 is 0 Å². The number of nitrogens with zero attached hydrogens (tertiary/aromatic N) is 2. The Morgan fingerprint density at radius 1 is 1.20 bits per heavy atom. The van der Waals surface area contributed by atoms with E-state index in [0.29, 0.717) is 10.6 Å². The number of hydrogen-bond acceptors (Lipinski definition) is 6. The standard InChI is InChI=1S/C32H39N3O3S3/c1-5-24(2)33-19-11-20-34-27-18-17-25(41(37)38)23-26(27)32(3,4)30(34)15-7-6-8-16-31-35(21-12-22-39-36)28-13-9-10-14-29(28)40-31/h6-10,13-18,23,33H,2,5,11-12,19-22H2,1,3-4H3,(H-,36,37,38)/p+1. The van der Waals surface area contributed by atoms with Gasteiger partial charge in [-0.2, -0.15) is 4.57 Å². The van der Waals surface area contributed by atoms with Gasteiger partial charge in [-0.3, -0.25) is 0 Å². The second-order valence-corrected chi connectivity index (χ2v) is 13.2. The lowest BCUT2D eigenvalue weighted by Crippen LogP contribution is -2.35. The van der Waals surface area contributed by atoms with E-state index in [2.05, 4.69) is 96.8 Å². The summed E-state index contributed by atoms with van der Waals surface area (Å²) in [4.78, 5) is 2.76. The Hall–Kier alpha value is -2.69. The number of nitrogens with one attached hydrogen (secondary N) is 1. The minimum Gasteiger partial charge on any atom is -0.389 e. The highest BCUT2D eigenvalue weighted by atomic mass is 32.2. The second-order valence-electron chi connectivity index (χ2n) is 10.5. The van der Waals surface area contributed by atoms with Crippen LogP contribution in [0.15, 0.2) is 89.6 Å². The van der Waals surface area contributed by atoms with Crippen LogP contribution in [-0.4, -0.2) is 32.2 Å². The van der Waals surface area contributed by atoms with Crippen molar-refractivity contribution < 1.29 is 17.9 Å². The van der Waals surface area contributed by atoms with Crippen LogP contribution >= 0.6 is 23.4 Å². The predicted molar refractivity (Wildman–Crippen MR) is 176 cm³/mol. The summed E-state index contributed by atoms with van der Waals surface area (Å²) >= 11 is 0.637. The first-order chi connectivity index (χ1) is 19.8. The number of rotatable bonds is 14. The van der Waals surface area contributed by atoms with E-state index in [0.717, 1.165) is 73.6 Å². The zero-order valence-electron chi connectivity index (χ0n) is 24.0. The average Bonchev–Trinajstić information content (AvgIpc) is 3.42. The lowest BCUT2D eigenvalue weighted by molar-refractivity contribution is -0.668. The van der Waals surface area contributed by atoms with Crippen LogP contribution in [0.2, 0.25) is 0 Å². The molecule has 2 heterocycles. The van der Waals surface area contributed by atoms with Gasteiger partial charge in [-0.05, 0) is 60.8 Å². The summed E-state index contributed by atoms with van der Waals surface area (Å²) in [5.41, 5.74) is 5.24. The highest BCUT2D eigenvalue weighted by Crippen LogP contribution is 2.48. The largest absolute Gasteiger partial charge is 0.389 e. The highest BCUT2D eigenvalue weighted by Gasteiger charge is 2.40. The molecule has 1 unspecified atom stereocenters. The van der Waals surface area contributed by atoms with E-state index in [1.54, 1.807) is 17.4 Å². The number of hydrogen-bond donors (Lipinski definition) is 3. The number of allylic oxidation sites excluding steroid dienone is 6. The fourth-order valence-corrected chi connectivity index (χ4v) is 6.94. The Bertz CT molecular complexity index is 1490. The third-order valence-corrected chi connectivity index (χ3v) is 9.65. The number of aromatic nitrogens is 1. The SMILES string of the molecule is C=C(CC)NCCCN1\C(=C/C=C/C=C/c2sc3ccccc3[n+]2CCCSO)C(C)(C)c2cc(S(=O)O)ccc21. The van der Waals surface area contributed by atoms with Crippen molar-refractivity contribution in [3.05, 3.63) is 95.3 Å². The van der Waals surface area contributed by atoms with Gasteiger partial charge in [0.15, 0.2) is 17.6 Å². The molecule has 3 N–H and O–H groups in total. The molecule has 0 aliphatic carbocycles. The van der Waals surface area contributed by atoms with Crippen molar-refractivity contribution in [2.24, 2.45) is 0 Å². The molecule has 6 nitrogen and oxygen atoms in total. The third kappa shape index (κ3) is 7.40. The van der Waals surface area contributed by atoms with Gasteiger partial charge in [0, 0.05) is 59.9 Å². The number of thiazole rings is 1. The number of aryl methyl sites for hydroxylation is 1. The number of anilines is 1. The lowest BCUT2D eigenvalue weighted by atomic mass is 9.83. The molecule has 0 radical (unpaired) electrons. The minimum absolute atomic E-state index is 0.321. The smallest absolute Gasteiger partial charge is 0.262 e. The van der Waals surface area contributed by atoms with E-state index in [4.69, 9.17) is 4.55 Å². The lowest BCUT2D eigenvalue weighted by Gasteiger charge is -2.27. The Balaban J connectivity index is 1.58. The molecule has 3 aromatic rings. The maximum atomic E-state index is 11.8. The van der Waals surface area contributed by atoms with E-state index < -0.39 is 11.1 Å². The van der Waals surface area contributed by atoms with Gasteiger partial charge in [0.2, 0.25) is 5.52 Å². The van der Waals surface area contributed by atoms with Gasteiger partial charge in [-0.25, -0.2) is 4.21 Å². The summed E-state index contributed by atoms with van der Waals surface area (Å²) < 4.78 is 34.3. The highest BCUT2D eigenvalue weighted by molar-refractivity contribution is 7.93. The van der Waals surface area contributed by atoms with Gasteiger partial charge in [-0.1, -0.05) is 69.0 Å². The normalized spacial score (nSPS) is 16.3. The van der Waals surface area contributed by atoms with Crippen molar-refractivity contribution in [1.82, 2.24) is 5.32 Å². The molecule has 9 heteroatoms. The van der Waals surface area contributed by atoms with Crippen LogP contribution in [0.5, 0.6) is 0 Å². The van der Waals surface area contributed by atoms with Crippen LogP contribution < -0.4 is 14.8 Å². The first-order valence-electron chi connectivity index (χ1n) is 14.0. The van der Waals surface area contributed by atoms with Crippen LogP contribution in [-0.2, 0) is 23.0 Å². The van der Waals surface area contributed by atoms with Crippen molar-refractivity contribution in [2.75, 3.05) is 23.7 Å². The van der Waals surface area contributed by atoms with Crippen molar-refractivity contribution in [3.8, 4) is 0 Å². The summed E-state index contributed by atoms with van der Waals surface area (Å²) in [6.07, 6.45) is 13.3. The molecule has 4 rings (SSSR count). The van der Waals surface area contributed by atoms with E-state index in [-0.39, 0.29) is 5.41 Å². The summed E-state index contributed by atoms with van der Waals surface area (Å²) in [7, 11) is 0. The van der Waals surface area contributed by atoms with Crippen molar-refractivity contribution >= 4 is 56.4 Å². The second kappa shape index (κ2) is 14.5. The predicted octanol–water partition coefficient (Wildman–Crippen LogP) is 7.52. The molecule has 1 aliphatic rings. The number of benzene rings is 2. The molecule has 0 saturated heterocycles. The molecular weight excluding hydrogens is 571 g/mol.